The Bertz CT molecular complexity index is 1370. The maximum atomic E-state index is 12.8. The van der Waals surface area contributed by atoms with Gasteiger partial charge in [0.15, 0.2) is 0 Å². The number of imidazole rings is 1. The molecule has 1 aromatic heterocycles. The average Bonchev–Trinajstić information content (AvgIpc) is 3.25. The summed E-state index contributed by atoms with van der Waals surface area (Å²) in [6, 6.07) is 9.86. The topological polar surface area (TPSA) is 143 Å². The molecular formula is C27H35N7O4. The molecule has 3 rings (SSSR count). The highest BCUT2D eigenvalue weighted by molar-refractivity contribution is 6.15. The number of H-pyrrole nitrogens is 2. The van der Waals surface area contributed by atoms with Crippen LogP contribution in [0.3, 0.4) is 0 Å². The maximum absolute atomic E-state index is 12.8. The Labute approximate surface area is 221 Å². The van der Waals surface area contributed by atoms with Gasteiger partial charge in [-0.25, -0.2) is 9.69 Å². The third-order valence-corrected chi connectivity index (χ3v) is 6.12. The van der Waals surface area contributed by atoms with Crippen molar-refractivity contribution < 1.29 is 14.4 Å². The normalized spacial score (nSPS) is 11.4. The Hall–Kier alpha value is -4.12. The Kier molecular flexibility index (Phi) is 10.1. The lowest BCUT2D eigenvalue weighted by Gasteiger charge is -2.18. The van der Waals surface area contributed by atoms with Crippen molar-refractivity contribution in [1.82, 2.24) is 20.2 Å². The van der Waals surface area contributed by atoms with Crippen molar-refractivity contribution in [2.45, 2.75) is 40.5 Å². The molecule has 3 amide bonds. The molecule has 2 aromatic carbocycles. The summed E-state index contributed by atoms with van der Waals surface area (Å²) in [5.41, 5.74) is 2.70. The van der Waals surface area contributed by atoms with Gasteiger partial charge < -0.3 is 20.2 Å². The maximum Gasteiger partial charge on any atom is 0.323 e. The van der Waals surface area contributed by atoms with Crippen LogP contribution in [-0.2, 0) is 9.59 Å². The summed E-state index contributed by atoms with van der Waals surface area (Å²) in [7, 11) is 0. The predicted octanol–water partition coefficient (Wildman–Crippen LogP) is 3.68. The van der Waals surface area contributed by atoms with Gasteiger partial charge in [-0.2, -0.15) is 10.2 Å². The molecule has 38 heavy (non-hydrogen) atoms. The van der Waals surface area contributed by atoms with Gasteiger partial charge in [0, 0.05) is 19.0 Å². The fourth-order valence-corrected chi connectivity index (χ4v) is 4.17. The van der Waals surface area contributed by atoms with Crippen LogP contribution in [0, 0.1) is 6.92 Å². The number of fused-ring (bicyclic) bond motifs is 1. The fraction of sp³-hybridized carbons (Fsp3) is 0.407. The van der Waals surface area contributed by atoms with E-state index in [1.165, 1.54) is 6.92 Å². The van der Waals surface area contributed by atoms with E-state index in [1.807, 2.05) is 6.92 Å². The number of nitrogens with one attached hydrogen (secondary N) is 3. The van der Waals surface area contributed by atoms with Crippen molar-refractivity contribution in [3.8, 4) is 0 Å². The monoisotopic (exact) mass is 521 g/mol. The first-order chi connectivity index (χ1) is 18.2. The van der Waals surface area contributed by atoms with Gasteiger partial charge in [0.25, 0.3) is 11.8 Å². The summed E-state index contributed by atoms with van der Waals surface area (Å²) in [6.07, 6.45) is 1.90. The second-order valence-electron chi connectivity index (χ2n) is 9.00. The summed E-state index contributed by atoms with van der Waals surface area (Å²) in [5, 5.41) is 11.0. The zero-order chi connectivity index (χ0) is 27.7. The third-order valence-electron chi connectivity index (χ3n) is 6.12. The van der Waals surface area contributed by atoms with Gasteiger partial charge in [-0.15, -0.1) is 0 Å². The van der Waals surface area contributed by atoms with Gasteiger partial charge in [-0.05, 0) is 81.4 Å². The summed E-state index contributed by atoms with van der Waals surface area (Å²) >= 11 is 0. The van der Waals surface area contributed by atoms with Crippen LogP contribution in [0.5, 0.6) is 0 Å². The highest BCUT2D eigenvalue weighted by atomic mass is 16.2. The number of aromatic nitrogens is 2. The lowest BCUT2D eigenvalue weighted by Crippen LogP contribution is -2.36. The largest absolute Gasteiger partial charge is 0.352 e. The van der Waals surface area contributed by atoms with Crippen LogP contribution in [0.25, 0.3) is 11.0 Å². The molecule has 0 atom stereocenters. The summed E-state index contributed by atoms with van der Waals surface area (Å²) in [5.74, 6) is -1.26. The van der Waals surface area contributed by atoms with Crippen molar-refractivity contribution in [3.63, 3.8) is 0 Å². The number of azo groups is 1. The van der Waals surface area contributed by atoms with Gasteiger partial charge in [0.05, 0.1) is 22.4 Å². The standard InChI is InChI=1S/C27H35N7O4/c1-5-33(6-2)12-8-7-11-28-26(37)20-13-18(3)14-21(15-20)32-29-17-25(36)34(19(4)35)22-9-10-23-24(16-22)31-27(38)30-23/h9-10,13-16H,5-8,11-12,17H2,1-4H3,(H,28,37)(H2,30,31,38). The van der Waals surface area contributed by atoms with Crippen LogP contribution < -0.4 is 15.9 Å². The molecule has 3 aromatic rings. The van der Waals surface area contributed by atoms with Crippen LogP contribution in [0.15, 0.2) is 51.4 Å². The van der Waals surface area contributed by atoms with E-state index < -0.39 is 11.8 Å². The molecule has 11 heteroatoms. The van der Waals surface area contributed by atoms with Crippen molar-refractivity contribution in [2.75, 3.05) is 37.6 Å². The van der Waals surface area contributed by atoms with E-state index in [4.69, 9.17) is 0 Å². The molecule has 0 unspecified atom stereocenters. The number of unbranched alkanes of at least 4 members (excludes halogenated alkanes) is 1. The Morgan fingerprint density at radius 1 is 0.974 bits per heavy atom. The molecule has 3 N–H and O–H groups in total. The minimum absolute atomic E-state index is 0.190. The molecule has 202 valence electrons. The fourth-order valence-electron chi connectivity index (χ4n) is 4.17. The molecule has 0 fully saturated rings. The average molecular weight is 522 g/mol. The van der Waals surface area contributed by atoms with E-state index >= 15 is 0 Å². The number of rotatable bonds is 12. The van der Waals surface area contributed by atoms with Crippen molar-refractivity contribution in [3.05, 3.63) is 58.0 Å². The van der Waals surface area contributed by atoms with Crippen molar-refractivity contribution in [1.29, 1.82) is 0 Å². The number of hydrogen-bond donors (Lipinski definition) is 3. The number of anilines is 1. The smallest absolute Gasteiger partial charge is 0.323 e. The molecule has 0 saturated carbocycles. The number of hydrogen-bond acceptors (Lipinski definition) is 7. The van der Waals surface area contributed by atoms with Crippen molar-refractivity contribution in [2.24, 2.45) is 10.2 Å². The SMILES string of the molecule is CCN(CC)CCCCNC(=O)c1cc(C)cc(N=NCC(=O)N(C(C)=O)c2ccc3[nH]c(=O)[nH]c3c2)c1. The Balaban J connectivity index is 1.61. The Morgan fingerprint density at radius 3 is 2.42 bits per heavy atom. The molecule has 11 nitrogen and oxygen atoms in total. The molecular weight excluding hydrogens is 486 g/mol. The van der Waals surface area contributed by atoms with Crippen LogP contribution in [0.1, 0.15) is 49.5 Å². The predicted molar refractivity (Wildman–Crippen MR) is 147 cm³/mol. The first kappa shape index (κ1) is 28.5. The van der Waals surface area contributed by atoms with E-state index in [-0.39, 0.29) is 18.1 Å². The Morgan fingerprint density at radius 2 is 1.71 bits per heavy atom. The molecule has 0 aliphatic carbocycles. The van der Waals surface area contributed by atoms with Crippen LogP contribution in [0.2, 0.25) is 0 Å². The minimum atomic E-state index is -0.575. The van der Waals surface area contributed by atoms with Crippen LogP contribution in [-0.4, -0.2) is 65.3 Å². The van der Waals surface area contributed by atoms with Gasteiger partial charge in [-0.1, -0.05) is 13.8 Å². The van der Waals surface area contributed by atoms with E-state index in [0.29, 0.717) is 34.5 Å². The lowest BCUT2D eigenvalue weighted by atomic mass is 10.1. The summed E-state index contributed by atoms with van der Waals surface area (Å²) in [6.45, 7) is 10.7. The van der Waals surface area contributed by atoms with E-state index in [1.54, 1.807) is 36.4 Å². The molecule has 0 bridgehead atoms. The van der Waals surface area contributed by atoms with Crippen LogP contribution in [0.4, 0.5) is 11.4 Å². The molecule has 1 heterocycles. The number of carbonyl (C=O) groups is 3. The second-order valence-corrected chi connectivity index (χ2v) is 9.00. The number of imide groups is 1. The molecule has 0 saturated heterocycles. The second kappa shape index (κ2) is 13.4. The van der Waals surface area contributed by atoms with E-state index in [9.17, 15) is 19.2 Å². The number of amides is 3. The van der Waals surface area contributed by atoms with E-state index in [0.717, 1.165) is 42.9 Å². The zero-order valence-electron chi connectivity index (χ0n) is 22.3. The number of aromatic amines is 2. The van der Waals surface area contributed by atoms with Crippen molar-refractivity contribution >= 4 is 40.1 Å². The summed E-state index contributed by atoms with van der Waals surface area (Å²) < 4.78 is 0. The van der Waals surface area contributed by atoms with Gasteiger partial charge in [0.1, 0.15) is 6.54 Å². The number of aryl methyl sites for hydroxylation is 1. The molecule has 0 aliphatic rings. The number of nitrogens with zero attached hydrogens (tertiary/aromatic N) is 4. The van der Waals surface area contributed by atoms with Gasteiger partial charge in [0.2, 0.25) is 5.91 Å². The molecule has 0 aliphatic heterocycles. The quantitative estimate of drug-likeness (QED) is 0.246. The summed E-state index contributed by atoms with van der Waals surface area (Å²) in [4.78, 5) is 57.7. The number of carbonyl (C=O) groups excluding carboxylic acids is 3. The number of benzene rings is 2. The van der Waals surface area contributed by atoms with Crippen LogP contribution >= 0.6 is 0 Å². The highest BCUT2D eigenvalue weighted by Crippen LogP contribution is 2.21. The molecule has 0 spiro atoms. The zero-order valence-corrected chi connectivity index (χ0v) is 22.3. The lowest BCUT2D eigenvalue weighted by molar-refractivity contribution is -0.124. The third kappa shape index (κ3) is 7.69. The van der Waals surface area contributed by atoms with Gasteiger partial charge in [-0.3, -0.25) is 14.4 Å². The minimum Gasteiger partial charge on any atom is -0.352 e. The van der Waals surface area contributed by atoms with E-state index in [2.05, 4.69) is 44.3 Å². The highest BCUT2D eigenvalue weighted by Gasteiger charge is 2.20. The first-order valence-electron chi connectivity index (χ1n) is 12.8. The molecule has 0 radical (unpaired) electrons. The first-order valence-corrected chi connectivity index (χ1v) is 12.8. The van der Waals surface area contributed by atoms with Gasteiger partial charge >= 0.3 is 5.69 Å².